The molecule has 0 radical (unpaired) electrons. The van der Waals surface area contributed by atoms with Crippen molar-refractivity contribution in [2.24, 2.45) is 0 Å². The van der Waals surface area contributed by atoms with Crippen molar-refractivity contribution in [2.45, 2.75) is 51.4 Å². The van der Waals surface area contributed by atoms with E-state index in [4.69, 9.17) is 9.47 Å². The molecular weight excluding hydrogens is 759 g/mol. The molecule has 10 rings (SSSR count). The molecule has 4 aromatic heterocycles. The van der Waals surface area contributed by atoms with Crippen molar-refractivity contribution in [3.05, 3.63) is 118 Å². The lowest BCUT2D eigenvalue weighted by Crippen LogP contribution is -2.15. The summed E-state index contributed by atoms with van der Waals surface area (Å²) in [6, 6.07) is 6.36. The average Bonchev–Trinajstić information content (AvgIpc) is 4.05. The van der Waals surface area contributed by atoms with Gasteiger partial charge in [0, 0.05) is 66.1 Å². The lowest BCUT2D eigenvalue weighted by atomic mass is 9.99. The van der Waals surface area contributed by atoms with Crippen LogP contribution in [-0.2, 0) is 48.4 Å². The molecule has 0 saturated carbocycles. The standard InChI is InChI=1S/C20H19FN4O3S.C20H19FN4OS/c21-17-2-3-18-15(5-8-28-18)14(17)1-4-19-22-11-16(20-24-23-12-25(19)20)13-6-9-29(26,27)10-7-13;21-17-2-3-18-15(5-8-26-18)14(17)1-4-19-22-11-16(13-6-9-27-10-7-13)20-24-23-12-25(19)20/h2-3,6,11-12H,1,4-5,7-10H2;2-3,6,11-12H,1,4-5,7-10H2. The van der Waals surface area contributed by atoms with Gasteiger partial charge in [-0.25, -0.2) is 27.2 Å². The van der Waals surface area contributed by atoms with Gasteiger partial charge in [-0.05, 0) is 78.0 Å². The molecule has 4 aliphatic heterocycles. The van der Waals surface area contributed by atoms with E-state index in [1.54, 1.807) is 41.5 Å². The van der Waals surface area contributed by atoms with Crippen LogP contribution in [0.1, 0.15) is 57.9 Å². The molecule has 0 aliphatic carbocycles. The van der Waals surface area contributed by atoms with Crippen LogP contribution in [0, 0.1) is 11.6 Å². The summed E-state index contributed by atoms with van der Waals surface area (Å²) in [5, 5.41) is 16.6. The molecule has 0 atom stereocenters. The first kappa shape index (κ1) is 36.4. The maximum atomic E-state index is 14.4. The fraction of sp³-hybridized carbons (Fsp3) is 0.350. The highest BCUT2D eigenvalue weighted by atomic mass is 32.2. The van der Waals surface area contributed by atoms with E-state index in [0.717, 1.165) is 86.5 Å². The SMILES string of the molecule is Fc1ccc2c(c1CCc1ncc(C3=CCSCC3)c3nncn13)CCO2.O=S1(=O)CC=C(c2cnc(CCc3c(F)ccc4c3CCO4)n3cnnc23)CC1. The zero-order valence-electron chi connectivity index (χ0n) is 30.5. The summed E-state index contributed by atoms with van der Waals surface area (Å²) in [5.41, 5.74) is 8.87. The third-order valence-corrected chi connectivity index (χ3v) is 13.2. The average molecular weight is 797 g/mol. The van der Waals surface area contributed by atoms with E-state index in [1.165, 1.54) is 17.7 Å². The van der Waals surface area contributed by atoms with Crippen LogP contribution in [0.15, 0.2) is 61.5 Å². The van der Waals surface area contributed by atoms with Gasteiger partial charge in [0.05, 0.1) is 24.7 Å². The van der Waals surface area contributed by atoms with Gasteiger partial charge in [-0.2, -0.15) is 11.8 Å². The van der Waals surface area contributed by atoms with Crippen molar-refractivity contribution in [2.75, 3.05) is 36.2 Å². The summed E-state index contributed by atoms with van der Waals surface area (Å²) in [5.74, 6) is 5.07. The van der Waals surface area contributed by atoms with E-state index >= 15 is 0 Å². The molecule has 288 valence electrons. The molecule has 0 amide bonds. The second-order valence-electron chi connectivity index (χ2n) is 14.1. The highest BCUT2D eigenvalue weighted by Crippen LogP contribution is 2.33. The van der Waals surface area contributed by atoms with Gasteiger partial charge in [-0.15, -0.1) is 20.4 Å². The summed E-state index contributed by atoms with van der Waals surface area (Å²) in [4.78, 5) is 9.24. The molecule has 4 aliphatic rings. The highest BCUT2D eigenvalue weighted by Gasteiger charge is 2.24. The van der Waals surface area contributed by atoms with Crippen molar-refractivity contribution in [3.8, 4) is 11.5 Å². The van der Waals surface area contributed by atoms with Crippen LogP contribution < -0.4 is 9.47 Å². The molecule has 8 heterocycles. The van der Waals surface area contributed by atoms with Gasteiger partial charge in [-0.3, -0.25) is 8.80 Å². The van der Waals surface area contributed by atoms with E-state index in [9.17, 15) is 17.2 Å². The minimum absolute atomic E-state index is 0.0326. The molecule has 0 spiro atoms. The monoisotopic (exact) mass is 796 g/mol. The van der Waals surface area contributed by atoms with Gasteiger partial charge in [0.15, 0.2) is 21.1 Å². The van der Waals surface area contributed by atoms with Crippen molar-refractivity contribution < 1.29 is 26.7 Å². The summed E-state index contributed by atoms with van der Waals surface area (Å²) in [6.07, 6.45) is 16.1. The van der Waals surface area contributed by atoms with Gasteiger partial charge >= 0.3 is 0 Å². The van der Waals surface area contributed by atoms with Crippen LogP contribution in [0.3, 0.4) is 0 Å². The van der Waals surface area contributed by atoms with Crippen molar-refractivity contribution in [3.63, 3.8) is 0 Å². The van der Waals surface area contributed by atoms with Crippen LogP contribution in [0.25, 0.3) is 22.4 Å². The summed E-state index contributed by atoms with van der Waals surface area (Å²) < 4.78 is 67.0. The predicted octanol–water partition coefficient (Wildman–Crippen LogP) is 5.69. The van der Waals surface area contributed by atoms with Crippen molar-refractivity contribution in [1.82, 2.24) is 39.2 Å². The zero-order valence-corrected chi connectivity index (χ0v) is 32.1. The Hall–Kier alpha value is -5.22. The number of halogens is 2. The number of ether oxygens (including phenoxy) is 2. The van der Waals surface area contributed by atoms with Crippen LogP contribution >= 0.6 is 11.8 Å². The number of benzene rings is 2. The number of thioether (sulfide) groups is 1. The fourth-order valence-corrected chi connectivity index (χ4v) is 9.90. The minimum Gasteiger partial charge on any atom is -0.493 e. The molecule has 0 saturated heterocycles. The van der Waals surface area contributed by atoms with Crippen LogP contribution in [0.2, 0.25) is 0 Å². The van der Waals surface area contributed by atoms with Gasteiger partial charge < -0.3 is 9.47 Å². The minimum atomic E-state index is -3.01. The highest BCUT2D eigenvalue weighted by molar-refractivity contribution is 7.99. The number of fused-ring (bicyclic) bond motifs is 4. The summed E-state index contributed by atoms with van der Waals surface area (Å²) in [6.45, 7) is 1.21. The third kappa shape index (κ3) is 7.15. The van der Waals surface area contributed by atoms with Crippen molar-refractivity contribution in [1.29, 1.82) is 0 Å². The summed E-state index contributed by atoms with van der Waals surface area (Å²) >= 11 is 1.94. The Kier molecular flexibility index (Phi) is 10.00. The van der Waals surface area contributed by atoms with E-state index in [-0.39, 0.29) is 23.1 Å². The first-order valence-electron chi connectivity index (χ1n) is 18.7. The lowest BCUT2D eigenvalue weighted by Gasteiger charge is -2.15. The quantitative estimate of drug-likeness (QED) is 0.188. The number of allylic oxidation sites excluding steroid dienone is 2. The second-order valence-corrected chi connectivity index (χ2v) is 17.5. The van der Waals surface area contributed by atoms with Crippen LogP contribution in [0.5, 0.6) is 11.5 Å². The molecule has 0 N–H and O–H groups in total. The molecule has 12 nitrogen and oxygen atoms in total. The largest absolute Gasteiger partial charge is 0.493 e. The molecular formula is C40H38F2N8O4S2. The molecule has 16 heteroatoms. The first-order chi connectivity index (χ1) is 27.3. The topological polar surface area (TPSA) is 139 Å². The molecule has 0 fully saturated rings. The number of aromatic nitrogens is 8. The summed E-state index contributed by atoms with van der Waals surface area (Å²) in [7, 11) is -3.01. The molecule has 2 aromatic carbocycles. The Morgan fingerprint density at radius 2 is 1.25 bits per heavy atom. The normalized spacial score (nSPS) is 17.0. The van der Waals surface area contributed by atoms with E-state index in [0.29, 0.717) is 62.9 Å². The molecule has 56 heavy (non-hydrogen) atoms. The Bertz CT molecular complexity index is 2660. The van der Waals surface area contributed by atoms with Gasteiger partial charge in [0.25, 0.3) is 0 Å². The molecule has 0 unspecified atom stereocenters. The van der Waals surface area contributed by atoms with Gasteiger partial charge in [0.2, 0.25) is 0 Å². The smallest absolute Gasteiger partial charge is 0.171 e. The number of rotatable bonds is 8. The Morgan fingerprint density at radius 3 is 1.75 bits per heavy atom. The van der Waals surface area contributed by atoms with Gasteiger partial charge in [-0.1, -0.05) is 12.2 Å². The maximum absolute atomic E-state index is 14.4. The number of aryl methyl sites for hydroxylation is 2. The van der Waals surface area contributed by atoms with E-state index in [1.807, 2.05) is 22.4 Å². The second kappa shape index (κ2) is 15.4. The number of hydrogen-bond donors (Lipinski definition) is 0. The van der Waals surface area contributed by atoms with Gasteiger partial charge in [0.1, 0.15) is 47.4 Å². The first-order valence-corrected chi connectivity index (χ1v) is 21.7. The Morgan fingerprint density at radius 1 is 0.696 bits per heavy atom. The molecule has 0 bridgehead atoms. The third-order valence-electron chi connectivity index (χ3n) is 10.8. The fourth-order valence-electron chi connectivity index (χ4n) is 7.90. The maximum Gasteiger partial charge on any atom is 0.171 e. The van der Waals surface area contributed by atoms with Crippen LogP contribution in [-0.4, -0.2) is 83.8 Å². The Labute approximate surface area is 326 Å². The number of nitrogens with zero attached hydrogens (tertiary/aromatic N) is 8. The number of sulfone groups is 1. The Balaban J connectivity index is 0.000000147. The number of hydrogen-bond acceptors (Lipinski definition) is 11. The lowest BCUT2D eigenvalue weighted by molar-refractivity contribution is 0.356. The van der Waals surface area contributed by atoms with E-state index < -0.39 is 9.84 Å². The predicted molar refractivity (Wildman–Crippen MR) is 209 cm³/mol. The van der Waals surface area contributed by atoms with E-state index in [2.05, 4.69) is 36.4 Å². The van der Waals surface area contributed by atoms with Crippen molar-refractivity contribution >= 4 is 44.0 Å². The zero-order chi connectivity index (χ0) is 38.2. The molecule has 6 aromatic rings. The van der Waals surface area contributed by atoms with Crippen LogP contribution in [0.4, 0.5) is 8.78 Å².